The molecule has 0 saturated carbocycles. The molecule has 1 aliphatic carbocycles. The monoisotopic (exact) mass is 367 g/mol. The first-order valence-corrected chi connectivity index (χ1v) is 10.1. The molecular weight excluding hydrogens is 337 g/mol. The maximum Gasteiger partial charge on any atom is 0.462 e. The summed E-state index contributed by atoms with van der Waals surface area (Å²) in [6, 6.07) is 10.3. The van der Waals surface area contributed by atoms with Crippen molar-refractivity contribution in [2.24, 2.45) is 11.8 Å². The molecule has 1 aromatic rings. The van der Waals surface area contributed by atoms with Gasteiger partial charge in [0.25, 0.3) is 0 Å². The Bertz CT molecular complexity index is 714. The summed E-state index contributed by atoms with van der Waals surface area (Å²) >= 11 is 0. The number of piperidine rings is 1. The maximum absolute atomic E-state index is 13.4. The summed E-state index contributed by atoms with van der Waals surface area (Å²) in [5.41, 5.74) is 0.453. The van der Waals surface area contributed by atoms with Gasteiger partial charge >= 0.3 is 7.12 Å². The highest BCUT2D eigenvalue weighted by Gasteiger charge is 2.57. The smallest absolute Gasteiger partial charge is 0.403 e. The minimum absolute atomic E-state index is 0.0536. The van der Waals surface area contributed by atoms with Crippen LogP contribution in [0.25, 0.3) is 0 Å². The Morgan fingerprint density at radius 1 is 1.11 bits per heavy atom. The SMILES string of the molecule is CC1(C)OB([C@H]2CC=C[C@@H]3CCN(Cc4ccccc4)C(=O)[C@@H]32)OC1(C)C. The summed E-state index contributed by atoms with van der Waals surface area (Å²) in [6.45, 7) is 9.81. The molecule has 27 heavy (non-hydrogen) atoms. The lowest BCUT2D eigenvalue weighted by atomic mass is 9.56. The van der Waals surface area contributed by atoms with E-state index >= 15 is 0 Å². The van der Waals surface area contributed by atoms with Crippen LogP contribution in [0.4, 0.5) is 0 Å². The summed E-state index contributed by atoms with van der Waals surface area (Å²) < 4.78 is 12.7. The van der Waals surface area contributed by atoms with E-state index in [-0.39, 0.29) is 36.0 Å². The van der Waals surface area contributed by atoms with E-state index in [2.05, 4.69) is 52.0 Å². The fraction of sp³-hybridized carbons (Fsp3) is 0.591. The average molecular weight is 367 g/mol. The molecule has 0 bridgehead atoms. The number of fused-ring (bicyclic) bond motifs is 1. The molecule has 0 unspecified atom stereocenters. The summed E-state index contributed by atoms with van der Waals surface area (Å²) in [5.74, 6) is 0.566. The van der Waals surface area contributed by atoms with E-state index in [0.29, 0.717) is 12.5 Å². The zero-order chi connectivity index (χ0) is 19.2. The number of rotatable bonds is 3. The highest BCUT2D eigenvalue weighted by molar-refractivity contribution is 6.48. The van der Waals surface area contributed by atoms with Crippen molar-refractivity contribution >= 4 is 13.0 Å². The summed E-state index contributed by atoms with van der Waals surface area (Å²) in [4.78, 5) is 15.5. The average Bonchev–Trinajstić information content (AvgIpc) is 2.85. The van der Waals surface area contributed by atoms with Gasteiger partial charge in [0.1, 0.15) is 0 Å². The van der Waals surface area contributed by atoms with Crippen LogP contribution in [0.5, 0.6) is 0 Å². The van der Waals surface area contributed by atoms with Crippen molar-refractivity contribution in [3.63, 3.8) is 0 Å². The van der Waals surface area contributed by atoms with E-state index in [0.717, 1.165) is 19.4 Å². The molecule has 2 fully saturated rings. The first kappa shape index (κ1) is 18.8. The zero-order valence-corrected chi connectivity index (χ0v) is 16.9. The molecule has 3 atom stereocenters. The number of carbonyl (C=O) groups is 1. The van der Waals surface area contributed by atoms with Crippen LogP contribution in [0.2, 0.25) is 5.82 Å². The molecule has 4 rings (SSSR count). The molecule has 0 aromatic heterocycles. The number of amides is 1. The van der Waals surface area contributed by atoms with Crippen LogP contribution < -0.4 is 0 Å². The van der Waals surface area contributed by atoms with Gasteiger partial charge in [0.05, 0.1) is 11.2 Å². The summed E-state index contributed by atoms with van der Waals surface area (Å²) in [5, 5.41) is 0. The van der Waals surface area contributed by atoms with Crippen LogP contribution in [-0.4, -0.2) is 35.7 Å². The fourth-order valence-corrected chi connectivity index (χ4v) is 4.57. The van der Waals surface area contributed by atoms with Gasteiger partial charge in [0.15, 0.2) is 0 Å². The summed E-state index contributed by atoms with van der Waals surface area (Å²) in [7, 11) is -0.326. The van der Waals surface area contributed by atoms with Gasteiger partial charge in [0, 0.05) is 24.8 Å². The van der Waals surface area contributed by atoms with Gasteiger partial charge < -0.3 is 14.2 Å². The number of carbonyl (C=O) groups excluding carboxylic acids is 1. The zero-order valence-electron chi connectivity index (χ0n) is 16.9. The minimum atomic E-state index is -0.365. The van der Waals surface area contributed by atoms with Gasteiger partial charge in [-0.05, 0) is 52.0 Å². The normalized spacial score (nSPS) is 31.9. The largest absolute Gasteiger partial charge is 0.462 e. The molecule has 0 radical (unpaired) electrons. The highest BCUT2D eigenvalue weighted by Crippen LogP contribution is 2.48. The molecule has 2 saturated heterocycles. The van der Waals surface area contributed by atoms with Crippen LogP contribution in [0.15, 0.2) is 42.5 Å². The topological polar surface area (TPSA) is 38.8 Å². The van der Waals surface area contributed by atoms with E-state index in [9.17, 15) is 4.79 Å². The lowest BCUT2D eigenvalue weighted by molar-refractivity contribution is -0.141. The van der Waals surface area contributed by atoms with Crippen molar-refractivity contribution in [3.8, 4) is 0 Å². The molecule has 1 aromatic carbocycles. The van der Waals surface area contributed by atoms with Crippen LogP contribution in [0.3, 0.4) is 0 Å². The van der Waals surface area contributed by atoms with Crippen molar-refractivity contribution in [1.29, 1.82) is 0 Å². The van der Waals surface area contributed by atoms with Crippen molar-refractivity contribution in [2.45, 2.75) is 64.1 Å². The second-order valence-corrected chi connectivity index (χ2v) is 9.18. The minimum Gasteiger partial charge on any atom is -0.403 e. The quantitative estimate of drug-likeness (QED) is 0.597. The molecule has 2 aliphatic heterocycles. The third kappa shape index (κ3) is 3.36. The molecule has 0 spiro atoms. The number of allylic oxidation sites excluding steroid dienone is 2. The van der Waals surface area contributed by atoms with E-state index in [1.54, 1.807) is 0 Å². The van der Waals surface area contributed by atoms with Crippen molar-refractivity contribution in [1.82, 2.24) is 4.90 Å². The van der Waals surface area contributed by atoms with E-state index in [4.69, 9.17) is 9.31 Å². The first-order valence-electron chi connectivity index (χ1n) is 10.1. The number of nitrogens with zero attached hydrogens (tertiary/aromatic N) is 1. The molecule has 3 aliphatic rings. The standard InChI is InChI=1S/C22H30BNO3/c1-21(2)22(3,4)27-23(26-21)18-12-8-11-17-13-14-24(20(25)19(17)18)15-16-9-6-5-7-10-16/h5-11,17-19H,12-15H2,1-4H3/t17-,18+,19+/m1/s1. The Morgan fingerprint density at radius 2 is 1.78 bits per heavy atom. The Labute approximate surface area is 163 Å². The van der Waals surface area contributed by atoms with Gasteiger partial charge in [0.2, 0.25) is 5.91 Å². The second-order valence-electron chi connectivity index (χ2n) is 9.18. The number of likely N-dealkylation sites (tertiary alicyclic amines) is 1. The molecule has 4 nitrogen and oxygen atoms in total. The van der Waals surface area contributed by atoms with Gasteiger partial charge in [-0.2, -0.15) is 0 Å². The van der Waals surface area contributed by atoms with Crippen LogP contribution >= 0.6 is 0 Å². The molecule has 144 valence electrons. The Morgan fingerprint density at radius 3 is 2.44 bits per heavy atom. The van der Waals surface area contributed by atoms with Crippen molar-refractivity contribution in [3.05, 3.63) is 48.0 Å². The lowest BCUT2D eigenvalue weighted by Crippen LogP contribution is -2.50. The maximum atomic E-state index is 13.4. The van der Waals surface area contributed by atoms with Gasteiger partial charge in [-0.1, -0.05) is 42.5 Å². The molecule has 1 amide bonds. The van der Waals surface area contributed by atoms with Gasteiger partial charge in [-0.15, -0.1) is 0 Å². The second kappa shape index (κ2) is 6.79. The van der Waals surface area contributed by atoms with Crippen molar-refractivity contribution < 1.29 is 14.1 Å². The number of hydrogen-bond acceptors (Lipinski definition) is 3. The number of hydrogen-bond donors (Lipinski definition) is 0. The predicted octanol–water partition coefficient (Wildman–Crippen LogP) is 4.07. The fourth-order valence-electron chi connectivity index (χ4n) is 4.57. The van der Waals surface area contributed by atoms with E-state index in [1.165, 1.54) is 5.56 Å². The van der Waals surface area contributed by atoms with Gasteiger partial charge in [-0.3, -0.25) is 4.79 Å². The van der Waals surface area contributed by atoms with Crippen molar-refractivity contribution in [2.75, 3.05) is 6.54 Å². The third-order valence-electron chi connectivity index (χ3n) is 6.88. The molecule has 5 heteroatoms. The van der Waals surface area contributed by atoms with E-state index < -0.39 is 0 Å². The highest BCUT2D eigenvalue weighted by atomic mass is 16.7. The van der Waals surface area contributed by atoms with Crippen LogP contribution in [0.1, 0.15) is 46.1 Å². The lowest BCUT2D eigenvalue weighted by Gasteiger charge is -2.42. The van der Waals surface area contributed by atoms with Crippen LogP contribution in [0, 0.1) is 11.8 Å². The third-order valence-corrected chi connectivity index (χ3v) is 6.88. The van der Waals surface area contributed by atoms with E-state index in [1.807, 2.05) is 23.1 Å². The molecule has 2 heterocycles. The Balaban J connectivity index is 1.55. The number of benzene rings is 1. The molecular formula is C22H30BNO3. The molecule has 0 N–H and O–H groups in total. The first-order chi connectivity index (χ1) is 12.8. The van der Waals surface area contributed by atoms with Gasteiger partial charge in [-0.25, -0.2) is 0 Å². The summed E-state index contributed by atoms with van der Waals surface area (Å²) in [6.07, 6.45) is 6.31. The van der Waals surface area contributed by atoms with Crippen LogP contribution in [-0.2, 0) is 20.6 Å². The predicted molar refractivity (Wildman–Crippen MR) is 107 cm³/mol. The Hall–Kier alpha value is -1.59. The Kier molecular flexibility index (Phi) is 4.72.